The van der Waals surface area contributed by atoms with E-state index in [1.165, 1.54) is 16.8 Å². The molecule has 2 nitrogen and oxygen atoms in total. The average molecular weight is 200 g/mol. The highest BCUT2D eigenvalue weighted by Gasteiger charge is 2.14. The third-order valence-electron chi connectivity index (χ3n) is 2.24. The van der Waals surface area contributed by atoms with Crippen molar-refractivity contribution in [2.45, 2.75) is 19.4 Å². The number of aliphatic hydroxyl groups is 1. The minimum atomic E-state index is -0.223. The molecule has 1 aliphatic heterocycles. The summed E-state index contributed by atoms with van der Waals surface area (Å²) in [6.45, 7) is 2.75. The van der Waals surface area contributed by atoms with Crippen LogP contribution in [-0.2, 0) is 6.42 Å². The highest BCUT2D eigenvalue weighted by atomic mass is 35.5. The predicted molar refractivity (Wildman–Crippen MR) is 56.6 cm³/mol. The highest BCUT2D eigenvalue weighted by Crippen LogP contribution is 2.22. The van der Waals surface area contributed by atoms with Crippen LogP contribution in [0.2, 0.25) is 0 Å². The normalized spacial score (nSPS) is 19.7. The first-order valence-electron chi connectivity index (χ1n) is 4.27. The van der Waals surface area contributed by atoms with E-state index < -0.39 is 0 Å². The van der Waals surface area contributed by atoms with E-state index in [1.54, 1.807) is 0 Å². The molecule has 2 rings (SSSR count). The number of hydrogen-bond acceptors (Lipinski definition) is 2. The van der Waals surface area contributed by atoms with Gasteiger partial charge in [-0.25, -0.2) is 0 Å². The van der Waals surface area contributed by atoms with Gasteiger partial charge in [-0.2, -0.15) is 0 Å². The molecule has 1 unspecified atom stereocenters. The summed E-state index contributed by atoms with van der Waals surface area (Å²) in [6.07, 6.45) is 0.559. The van der Waals surface area contributed by atoms with Crippen LogP contribution in [0.25, 0.3) is 0 Å². The average Bonchev–Trinajstić information content (AvgIpc) is 2.03. The summed E-state index contributed by atoms with van der Waals surface area (Å²) in [6, 6.07) is 6.30. The van der Waals surface area contributed by atoms with Crippen molar-refractivity contribution in [3.8, 4) is 0 Å². The lowest BCUT2D eigenvalue weighted by atomic mass is 10.00. The number of fused-ring (bicyclic) bond motifs is 1. The van der Waals surface area contributed by atoms with E-state index in [9.17, 15) is 5.11 Å². The number of nitrogens with one attached hydrogen (secondary N) is 1. The van der Waals surface area contributed by atoms with E-state index in [2.05, 4.69) is 30.4 Å². The Hall–Kier alpha value is -0.730. The molecule has 0 bridgehead atoms. The molecule has 0 aliphatic carbocycles. The SMILES string of the molecule is Cc1ccc2c(c1)CC(O)CN2.Cl. The molecule has 1 aromatic carbocycles. The van der Waals surface area contributed by atoms with Crippen LogP contribution in [0.1, 0.15) is 11.1 Å². The molecule has 0 saturated carbocycles. The fourth-order valence-electron chi connectivity index (χ4n) is 1.62. The molecule has 0 radical (unpaired) electrons. The van der Waals surface area contributed by atoms with Crippen LogP contribution in [0.5, 0.6) is 0 Å². The Kier molecular flexibility index (Phi) is 3.17. The Labute approximate surface area is 84.4 Å². The topological polar surface area (TPSA) is 32.3 Å². The van der Waals surface area contributed by atoms with Crippen molar-refractivity contribution in [3.05, 3.63) is 29.3 Å². The van der Waals surface area contributed by atoms with Crippen LogP contribution in [0.15, 0.2) is 18.2 Å². The van der Waals surface area contributed by atoms with E-state index in [4.69, 9.17) is 0 Å². The van der Waals surface area contributed by atoms with Crippen LogP contribution in [-0.4, -0.2) is 17.8 Å². The lowest BCUT2D eigenvalue weighted by Crippen LogP contribution is -2.27. The first-order chi connectivity index (χ1) is 5.75. The molecule has 13 heavy (non-hydrogen) atoms. The molecule has 1 aliphatic rings. The summed E-state index contributed by atoms with van der Waals surface area (Å²) in [7, 11) is 0. The Balaban J connectivity index is 0.000000845. The number of benzene rings is 1. The lowest BCUT2D eigenvalue weighted by molar-refractivity contribution is 0.184. The van der Waals surface area contributed by atoms with Gasteiger partial charge in [0.15, 0.2) is 0 Å². The number of aryl methyl sites for hydroxylation is 1. The largest absolute Gasteiger partial charge is 0.391 e. The number of anilines is 1. The summed E-state index contributed by atoms with van der Waals surface area (Å²) < 4.78 is 0. The van der Waals surface area contributed by atoms with Gasteiger partial charge < -0.3 is 10.4 Å². The van der Waals surface area contributed by atoms with Crippen molar-refractivity contribution in [2.75, 3.05) is 11.9 Å². The van der Waals surface area contributed by atoms with Crippen LogP contribution >= 0.6 is 12.4 Å². The van der Waals surface area contributed by atoms with E-state index in [-0.39, 0.29) is 18.5 Å². The fraction of sp³-hybridized carbons (Fsp3) is 0.400. The van der Waals surface area contributed by atoms with Gasteiger partial charge in [0, 0.05) is 18.7 Å². The third kappa shape index (κ3) is 2.14. The second kappa shape index (κ2) is 3.99. The molecular weight excluding hydrogens is 186 g/mol. The zero-order valence-corrected chi connectivity index (χ0v) is 8.40. The Bertz CT molecular complexity index is 301. The van der Waals surface area contributed by atoms with Crippen LogP contribution in [0.4, 0.5) is 5.69 Å². The minimum Gasteiger partial charge on any atom is -0.391 e. The van der Waals surface area contributed by atoms with Gasteiger partial charge in [0.1, 0.15) is 0 Å². The van der Waals surface area contributed by atoms with Crippen LogP contribution in [0.3, 0.4) is 0 Å². The molecule has 1 atom stereocenters. The predicted octanol–water partition coefficient (Wildman–Crippen LogP) is 1.75. The second-order valence-corrected chi connectivity index (χ2v) is 3.40. The molecule has 72 valence electrons. The molecular formula is C10H14ClNO. The molecule has 2 N–H and O–H groups in total. The smallest absolute Gasteiger partial charge is 0.0753 e. The van der Waals surface area contributed by atoms with Gasteiger partial charge in [0.2, 0.25) is 0 Å². The van der Waals surface area contributed by atoms with Gasteiger partial charge in [-0.3, -0.25) is 0 Å². The molecule has 0 saturated heterocycles. The van der Waals surface area contributed by atoms with E-state index in [1.807, 2.05) is 0 Å². The summed E-state index contributed by atoms with van der Waals surface area (Å²) >= 11 is 0. The quantitative estimate of drug-likeness (QED) is 0.667. The van der Waals surface area contributed by atoms with Gasteiger partial charge in [-0.05, 0) is 18.6 Å². The molecule has 0 spiro atoms. The van der Waals surface area contributed by atoms with E-state index in [0.29, 0.717) is 6.54 Å². The molecule has 0 aromatic heterocycles. The zero-order chi connectivity index (χ0) is 8.55. The van der Waals surface area contributed by atoms with Gasteiger partial charge >= 0.3 is 0 Å². The summed E-state index contributed by atoms with van der Waals surface area (Å²) in [5.41, 5.74) is 3.66. The van der Waals surface area contributed by atoms with Crippen molar-refractivity contribution < 1.29 is 5.11 Å². The number of halogens is 1. The van der Waals surface area contributed by atoms with Crippen LogP contribution in [0, 0.1) is 6.92 Å². The standard InChI is InChI=1S/C10H13NO.ClH/c1-7-2-3-10-8(4-7)5-9(12)6-11-10;/h2-4,9,11-12H,5-6H2,1H3;1H. The molecule has 0 amide bonds. The third-order valence-corrected chi connectivity index (χ3v) is 2.24. The van der Waals surface area contributed by atoms with Crippen LogP contribution < -0.4 is 5.32 Å². The highest BCUT2D eigenvalue weighted by molar-refractivity contribution is 5.85. The number of aliphatic hydroxyl groups excluding tert-OH is 1. The zero-order valence-electron chi connectivity index (χ0n) is 7.58. The van der Waals surface area contributed by atoms with Gasteiger partial charge in [-0.15, -0.1) is 12.4 Å². The molecule has 1 aromatic rings. The van der Waals surface area contributed by atoms with E-state index in [0.717, 1.165) is 6.42 Å². The molecule has 1 heterocycles. The van der Waals surface area contributed by atoms with E-state index >= 15 is 0 Å². The van der Waals surface area contributed by atoms with Crippen molar-refractivity contribution in [2.24, 2.45) is 0 Å². The van der Waals surface area contributed by atoms with Gasteiger partial charge in [0.25, 0.3) is 0 Å². The summed E-state index contributed by atoms with van der Waals surface area (Å²) in [5, 5.41) is 12.6. The van der Waals surface area contributed by atoms with Crippen molar-refractivity contribution in [3.63, 3.8) is 0 Å². The lowest BCUT2D eigenvalue weighted by Gasteiger charge is -2.22. The van der Waals surface area contributed by atoms with Crippen molar-refractivity contribution in [1.29, 1.82) is 0 Å². The minimum absolute atomic E-state index is 0. The second-order valence-electron chi connectivity index (χ2n) is 3.40. The van der Waals surface area contributed by atoms with Crippen molar-refractivity contribution in [1.82, 2.24) is 0 Å². The fourth-order valence-corrected chi connectivity index (χ4v) is 1.62. The maximum Gasteiger partial charge on any atom is 0.0753 e. The van der Waals surface area contributed by atoms with Gasteiger partial charge in [0.05, 0.1) is 6.10 Å². The maximum absolute atomic E-state index is 9.38. The number of β-amino-alcohol motifs (C(OH)–C–C–N with tert-alkyl or cyclic N) is 1. The first kappa shape index (κ1) is 10.4. The summed E-state index contributed by atoms with van der Waals surface area (Å²) in [4.78, 5) is 0. The first-order valence-corrected chi connectivity index (χ1v) is 4.27. The van der Waals surface area contributed by atoms with Crippen molar-refractivity contribution >= 4 is 18.1 Å². The maximum atomic E-state index is 9.38. The number of rotatable bonds is 0. The summed E-state index contributed by atoms with van der Waals surface area (Å²) in [5.74, 6) is 0. The Morgan fingerprint density at radius 1 is 1.46 bits per heavy atom. The van der Waals surface area contributed by atoms with Gasteiger partial charge in [-0.1, -0.05) is 17.7 Å². The number of hydrogen-bond donors (Lipinski definition) is 2. The molecule has 0 fully saturated rings. The Morgan fingerprint density at radius 3 is 3.00 bits per heavy atom. The monoisotopic (exact) mass is 199 g/mol. The molecule has 3 heteroatoms. The Morgan fingerprint density at radius 2 is 2.23 bits per heavy atom.